The molecule has 3 aliphatic rings. The van der Waals surface area contributed by atoms with Crippen LogP contribution in [0.4, 0.5) is 0 Å². The second kappa shape index (κ2) is 5.49. The first-order valence-electron chi connectivity index (χ1n) is 7.51. The normalized spacial score (nSPS) is 27.8. The molecule has 0 aromatic carbocycles. The van der Waals surface area contributed by atoms with Gasteiger partial charge in [0.2, 0.25) is 5.91 Å². The van der Waals surface area contributed by atoms with Crippen molar-refractivity contribution in [2.75, 3.05) is 6.54 Å². The van der Waals surface area contributed by atoms with Crippen LogP contribution in [0.3, 0.4) is 0 Å². The fraction of sp³-hybridized carbons (Fsp3) is 0.857. The largest absolute Gasteiger partial charge is 0.330 e. The van der Waals surface area contributed by atoms with E-state index in [4.69, 9.17) is 4.84 Å². The van der Waals surface area contributed by atoms with E-state index in [0.29, 0.717) is 0 Å². The van der Waals surface area contributed by atoms with Crippen LogP contribution >= 0.6 is 0 Å². The first-order chi connectivity index (χ1) is 9.25. The molecule has 1 N–H and O–H groups in total. The summed E-state index contributed by atoms with van der Waals surface area (Å²) in [5.74, 6) is 0.209. The van der Waals surface area contributed by atoms with Crippen LogP contribution in [0.25, 0.3) is 0 Å². The van der Waals surface area contributed by atoms with Crippen molar-refractivity contribution < 1.29 is 14.4 Å². The van der Waals surface area contributed by atoms with Gasteiger partial charge in [0.1, 0.15) is 6.04 Å². The Morgan fingerprint density at radius 2 is 1.74 bits per heavy atom. The summed E-state index contributed by atoms with van der Waals surface area (Å²) >= 11 is 0. The van der Waals surface area contributed by atoms with E-state index in [9.17, 15) is 9.59 Å². The molecule has 2 saturated carbocycles. The van der Waals surface area contributed by atoms with Gasteiger partial charge in [0.05, 0.1) is 6.10 Å². The smallest absolute Gasteiger partial charge is 0.266 e. The molecule has 1 atom stereocenters. The SMILES string of the molecule is O=C(NOC1CCCC1)C1CCCN1C(=O)C1CC1. The molecule has 0 aromatic rings. The van der Waals surface area contributed by atoms with Crippen molar-refractivity contribution in [2.45, 2.75) is 63.5 Å². The quantitative estimate of drug-likeness (QED) is 0.782. The number of hydrogen-bond donors (Lipinski definition) is 1. The minimum absolute atomic E-state index is 0.140. The molecule has 0 radical (unpaired) electrons. The minimum atomic E-state index is -0.311. The number of amides is 2. The maximum absolute atomic E-state index is 12.1. The van der Waals surface area contributed by atoms with E-state index in [1.54, 1.807) is 4.90 Å². The monoisotopic (exact) mass is 266 g/mol. The zero-order chi connectivity index (χ0) is 13.2. The Bertz CT molecular complexity index is 362. The highest BCUT2D eigenvalue weighted by atomic mass is 16.7. The molecule has 3 rings (SSSR count). The van der Waals surface area contributed by atoms with E-state index in [1.807, 2.05) is 0 Å². The summed E-state index contributed by atoms with van der Waals surface area (Å²) in [7, 11) is 0. The van der Waals surface area contributed by atoms with Crippen molar-refractivity contribution in [1.82, 2.24) is 10.4 Å². The van der Waals surface area contributed by atoms with Crippen LogP contribution in [0, 0.1) is 5.92 Å². The molecule has 2 aliphatic carbocycles. The van der Waals surface area contributed by atoms with E-state index >= 15 is 0 Å². The van der Waals surface area contributed by atoms with E-state index in [-0.39, 0.29) is 29.9 Å². The van der Waals surface area contributed by atoms with Crippen LogP contribution in [0.2, 0.25) is 0 Å². The summed E-state index contributed by atoms with van der Waals surface area (Å²) in [6, 6.07) is -0.311. The highest BCUT2D eigenvalue weighted by molar-refractivity contribution is 5.89. The zero-order valence-electron chi connectivity index (χ0n) is 11.3. The molecule has 106 valence electrons. The molecule has 19 heavy (non-hydrogen) atoms. The van der Waals surface area contributed by atoms with Gasteiger partial charge in [-0.1, -0.05) is 12.8 Å². The Morgan fingerprint density at radius 3 is 2.42 bits per heavy atom. The minimum Gasteiger partial charge on any atom is -0.330 e. The highest BCUT2D eigenvalue weighted by Crippen LogP contribution is 2.33. The summed E-state index contributed by atoms with van der Waals surface area (Å²) in [5.41, 5.74) is 2.58. The Kier molecular flexibility index (Phi) is 3.73. The van der Waals surface area contributed by atoms with Gasteiger partial charge in [-0.15, -0.1) is 0 Å². The topological polar surface area (TPSA) is 58.6 Å². The van der Waals surface area contributed by atoms with Gasteiger partial charge in [-0.3, -0.25) is 14.4 Å². The lowest BCUT2D eigenvalue weighted by Gasteiger charge is -2.24. The zero-order valence-corrected chi connectivity index (χ0v) is 11.3. The summed E-state index contributed by atoms with van der Waals surface area (Å²) < 4.78 is 0. The number of carbonyl (C=O) groups excluding carboxylic acids is 2. The predicted molar refractivity (Wildman–Crippen MR) is 68.9 cm³/mol. The molecule has 5 nitrogen and oxygen atoms in total. The van der Waals surface area contributed by atoms with Crippen molar-refractivity contribution in [3.63, 3.8) is 0 Å². The Morgan fingerprint density at radius 1 is 1.00 bits per heavy atom. The van der Waals surface area contributed by atoms with Gasteiger partial charge in [0, 0.05) is 12.5 Å². The molecule has 0 spiro atoms. The second-order valence-corrected chi connectivity index (χ2v) is 5.95. The molecule has 2 amide bonds. The third-order valence-corrected chi connectivity index (χ3v) is 4.39. The number of nitrogens with one attached hydrogen (secondary N) is 1. The lowest BCUT2D eigenvalue weighted by atomic mass is 10.2. The van der Waals surface area contributed by atoms with Crippen molar-refractivity contribution in [2.24, 2.45) is 5.92 Å². The lowest BCUT2D eigenvalue weighted by molar-refractivity contribution is -0.148. The Balaban J connectivity index is 1.51. The number of likely N-dealkylation sites (tertiary alicyclic amines) is 1. The molecule has 1 unspecified atom stereocenters. The van der Waals surface area contributed by atoms with Gasteiger partial charge in [0.15, 0.2) is 0 Å². The Hall–Kier alpha value is -1.10. The molecule has 0 bridgehead atoms. The molecule has 1 aliphatic heterocycles. The third kappa shape index (κ3) is 2.91. The van der Waals surface area contributed by atoms with Crippen LogP contribution in [0.5, 0.6) is 0 Å². The van der Waals surface area contributed by atoms with Gasteiger partial charge in [0.25, 0.3) is 5.91 Å². The van der Waals surface area contributed by atoms with Gasteiger partial charge < -0.3 is 4.90 Å². The summed E-state index contributed by atoms with van der Waals surface area (Å²) in [5, 5.41) is 0. The lowest BCUT2D eigenvalue weighted by Crippen LogP contribution is -2.47. The molecule has 5 heteroatoms. The van der Waals surface area contributed by atoms with Gasteiger partial charge >= 0.3 is 0 Å². The Labute approximate surface area is 113 Å². The van der Waals surface area contributed by atoms with Crippen LogP contribution in [-0.2, 0) is 14.4 Å². The standard InChI is InChI=1S/C14H22N2O3/c17-13(15-19-11-4-1-2-5-11)12-6-3-9-16(12)14(18)10-7-8-10/h10-12H,1-9H2,(H,15,17). The average Bonchev–Trinajstić information content (AvgIpc) is 2.94. The molecule has 0 aromatic heterocycles. The number of hydroxylamine groups is 1. The van der Waals surface area contributed by atoms with E-state index in [1.165, 1.54) is 12.8 Å². The first-order valence-corrected chi connectivity index (χ1v) is 7.51. The molecular formula is C14H22N2O3. The maximum Gasteiger partial charge on any atom is 0.266 e. The molecule has 1 heterocycles. The fourth-order valence-corrected chi connectivity index (χ4v) is 3.08. The van der Waals surface area contributed by atoms with Crippen LogP contribution in [-0.4, -0.2) is 35.4 Å². The van der Waals surface area contributed by atoms with E-state index in [0.717, 1.165) is 45.1 Å². The number of nitrogens with zero attached hydrogens (tertiary/aromatic N) is 1. The molecule has 1 saturated heterocycles. The highest BCUT2D eigenvalue weighted by Gasteiger charge is 2.41. The van der Waals surface area contributed by atoms with Gasteiger partial charge in [-0.2, -0.15) is 0 Å². The van der Waals surface area contributed by atoms with Crippen LogP contribution in [0.1, 0.15) is 51.4 Å². The second-order valence-electron chi connectivity index (χ2n) is 5.95. The van der Waals surface area contributed by atoms with Crippen molar-refractivity contribution in [3.05, 3.63) is 0 Å². The summed E-state index contributed by atoms with van der Waals surface area (Å²) in [6.07, 6.45) is 8.22. The first kappa shape index (κ1) is 12.9. The predicted octanol–water partition coefficient (Wildman–Crippen LogP) is 1.38. The van der Waals surface area contributed by atoms with Gasteiger partial charge in [-0.25, -0.2) is 5.48 Å². The van der Waals surface area contributed by atoms with Crippen LogP contribution in [0.15, 0.2) is 0 Å². The maximum atomic E-state index is 12.1. The van der Waals surface area contributed by atoms with Crippen molar-refractivity contribution in [1.29, 1.82) is 0 Å². The number of hydrogen-bond acceptors (Lipinski definition) is 3. The van der Waals surface area contributed by atoms with Gasteiger partial charge in [-0.05, 0) is 38.5 Å². The summed E-state index contributed by atoms with van der Waals surface area (Å²) in [6.45, 7) is 0.719. The number of carbonyl (C=O) groups is 2. The van der Waals surface area contributed by atoms with Crippen molar-refractivity contribution in [3.8, 4) is 0 Å². The fourth-order valence-electron chi connectivity index (χ4n) is 3.08. The van der Waals surface area contributed by atoms with Crippen molar-refractivity contribution >= 4 is 11.8 Å². The van der Waals surface area contributed by atoms with E-state index < -0.39 is 0 Å². The van der Waals surface area contributed by atoms with Crippen LogP contribution < -0.4 is 5.48 Å². The number of rotatable bonds is 4. The average molecular weight is 266 g/mol. The molecule has 3 fully saturated rings. The summed E-state index contributed by atoms with van der Waals surface area (Å²) in [4.78, 5) is 31.4. The molecular weight excluding hydrogens is 244 g/mol. The van der Waals surface area contributed by atoms with E-state index in [2.05, 4.69) is 5.48 Å². The third-order valence-electron chi connectivity index (χ3n) is 4.39.